The number of rotatable bonds is 2. The van der Waals surface area contributed by atoms with Gasteiger partial charge in [0.1, 0.15) is 5.75 Å². The molecular weight excluding hydrogens is 324 g/mol. The molecule has 0 radical (unpaired) electrons. The Labute approximate surface area is 129 Å². The van der Waals surface area contributed by atoms with E-state index in [1.54, 1.807) is 0 Å². The average molecular weight is 345 g/mol. The maximum Gasteiger partial charge on any atom is 0.144 e. The van der Waals surface area contributed by atoms with E-state index in [1.165, 1.54) is 5.56 Å². The highest BCUT2D eigenvalue weighted by Gasteiger charge is 2.38. The van der Waals surface area contributed by atoms with Crippen molar-refractivity contribution in [1.82, 2.24) is 0 Å². The van der Waals surface area contributed by atoms with Gasteiger partial charge < -0.3 is 14.4 Å². The maximum absolute atomic E-state index is 6.07. The summed E-state index contributed by atoms with van der Waals surface area (Å²) in [5.74, 6) is 0.742. The molecule has 0 bridgehead atoms. The molecule has 1 heterocycles. The first-order valence-electron chi connectivity index (χ1n) is 6.46. The summed E-state index contributed by atoms with van der Waals surface area (Å²) < 4.78 is 7.85. The molecule has 1 aromatic rings. The molecule has 5 heteroatoms. The molecule has 0 saturated heterocycles. The monoisotopic (exact) mass is 344 g/mol. The minimum absolute atomic E-state index is 0.0681. The maximum atomic E-state index is 6.07. The van der Waals surface area contributed by atoms with Crippen molar-refractivity contribution in [2.45, 2.75) is 51.0 Å². The van der Waals surface area contributed by atoms with Gasteiger partial charge in [-0.1, -0.05) is 0 Å². The molecule has 0 amide bonds. The molecule has 2 N–H and O–H groups in total. The summed E-state index contributed by atoms with van der Waals surface area (Å²) >= 11 is 8.36. The van der Waals surface area contributed by atoms with Gasteiger partial charge in [0, 0.05) is 11.3 Å². The summed E-state index contributed by atoms with van der Waals surface area (Å²) in [6.45, 7) is 8.33. The van der Waals surface area contributed by atoms with Crippen LogP contribution in [0.1, 0.15) is 33.3 Å². The van der Waals surface area contributed by atoms with Crippen molar-refractivity contribution >= 4 is 40.2 Å². The second kappa shape index (κ2) is 5.09. The van der Waals surface area contributed by atoms with Crippen molar-refractivity contribution in [1.29, 1.82) is 0 Å². The molecule has 2 rings (SSSR count). The lowest BCUT2D eigenvalue weighted by Gasteiger charge is -2.44. The number of fused-ring (bicyclic) bond motifs is 1. The lowest BCUT2D eigenvalue weighted by Crippen LogP contribution is -2.49. The standard InChI is InChI=1S/C14H21BrN2OS/c1-8(2)18-12-7-11-9(5-10(12)16)6-13(19)14(3,4)17(11)15/h5,7-8,13,19H,6,16H2,1-4H3. The minimum Gasteiger partial charge on any atom is -0.489 e. The first-order valence-corrected chi connectivity index (χ1v) is 7.69. The summed E-state index contributed by atoms with van der Waals surface area (Å²) in [6, 6.07) is 4.01. The predicted molar refractivity (Wildman–Crippen MR) is 88.6 cm³/mol. The molecule has 1 unspecified atom stereocenters. The zero-order valence-electron chi connectivity index (χ0n) is 11.8. The normalized spacial score (nSPS) is 21.4. The summed E-state index contributed by atoms with van der Waals surface area (Å²) in [5, 5.41) is 0.246. The summed E-state index contributed by atoms with van der Waals surface area (Å²) in [4.78, 5) is 0. The highest BCUT2D eigenvalue weighted by Crippen LogP contribution is 2.44. The molecule has 1 atom stereocenters. The van der Waals surface area contributed by atoms with Crippen LogP contribution in [0.3, 0.4) is 0 Å². The zero-order valence-corrected chi connectivity index (χ0v) is 14.3. The van der Waals surface area contributed by atoms with Crippen LogP contribution in [0.25, 0.3) is 0 Å². The second-order valence-corrected chi connectivity index (χ2v) is 7.17. The fourth-order valence-electron chi connectivity index (χ4n) is 2.23. The van der Waals surface area contributed by atoms with Crippen molar-refractivity contribution in [3.8, 4) is 5.75 Å². The molecule has 0 spiro atoms. The summed E-state index contributed by atoms with van der Waals surface area (Å²) in [5.41, 5.74) is 9.00. The van der Waals surface area contributed by atoms with Gasteiger partial charge in [0.05, 0.1) is 39.2 Å². The van der Waals surface area contributed by atoms with Gasteiger partial charge in [-0.2, -0.15) is 12.6 Å². The number of halogens is 1. The molecule has 1 aliphatic rings. The number of anilines is 2. The van der Waals surface area contributed by atoms with Crippen molar-refractivity contribution in [3.63, 3.8) is 0 Å². The Bertz CT molecular complexity index is 491. The lowest BCUT2D eigenvalue weighted by atomic mass is 9.88. The van der Waals surface area contributed by atoms with E-state index in [1.807, 2.05) is 26.0 Å². The lowest BCUT2D eigenvalue weighted by molar-refractivity contribution is 0.244. The first-order chi connectivity index (χ1) is 8.73. The molecular formula is C14H21BrN2OS. The number of thiol groups is 1. The van der Waals surface area contributed by atoms with E-state index in [4.69, 9.17) is 23.1 Å². The SMILES string of the molecule is CC(C)Oc1cc2c(cc1N)CC(S)C(C)(C)N2Br. The second-order valence-electron chi connectivity index (χ2n) is 5.84. The summed E-state index contributed by atoms with van der Waals surface area (Å²) in [6.07, 6.45) is 1.01. The van der Waals surface area contributed by atoms with Crippen LogP contribution in [0, 0.1) is 0 Å². The van der Waals surface area contributed by atoms with E-state index in [9.17, 15) is 0 Å². The highest BCUT2D eigenvalue weighted by molar-refractivity contribution is 9.10. The van der Waals surface area contributed by atoms with Crippen LogP contribution in [-0.2, 0) is 6.42 Å². The molecule has 1 aromatic carbocycles. The van der Waals surface area contributed by atoms with Crippen LogP contribution >= 0.6 is 28.8 Å². The van der Waals surface area contributed by atoms with E-state index in [0.29, 0.717) is 5.69 Å². The molecule has 3 nitrogen and oxygen atoms in total. The smallest absolute Gasteiger partial charge is 0.144 e. The van der Waals surface area contributed by atoms with E-state index in [-0.39, 0.29) is 16.9 Å². The van der Waals surface area contributed by atoms with Gasteiger partial charge in [0.25, 0.3) is 0 Å². The number of hydrogen-bond acceptors (Lipinski definition) is 4. The largest absolute Gasteiger partial charge is 0.489 e. The Balaban J connectivity index is 2.47. The third-order valence-electron chi connectivity index (χ3n) is 3.52. The van der Waals surface area contributed by atoms with Crippen molar-refractivity contribution in [2.75, 3.05) is 9.66 Å². The van der Waals surface area contributed by atoms with Gasteiger partial charge >= 0.3 is 0 Å². The average Bonchev–Trinajstić information content (AvgIpc) is 2.29. The first kappa shape index (κ1) is 14.9. The van der Waals surface area contributed by atoms with E-state index < -0.39 is 0 Å². The fraction of sp³-hybridized carbons (Fsp3) is 0.571. The number of nitrogen functional groups attached to an aromatic ring is 1. The van der Waals surface area contributed by atoms with Crippen LogP contribution < -0.4 is 14.4 Å². The highest BCUT2D eigenvalue weighted by atomic mass is 79.9. The van der Waals surface area contributed by atoms with Crippen LogP contribution in [0.4, 0.5) is 11.4 Å². The third kappa shape index (κ3) is 2.68. The van der Waals surface area contributed by atoms with E-state index in [0.717, 1.165) is 17.9 Å². The Morgan fingerprint density at radius 1 is 1.47 bits per heavy atom. The van der Waals surface area contributed by atoms with Gasteiger partial charge in [0.15, 0.2) is 0 Å². The molecule has 0 aromatic heterocycles. The molecule has 106 valence electrons. The predicted octanol–water partition coefficient (Wildman–Crippen LogP) is 3.81. The number of nitrogens with zero attached hydrogens (tertiary/aromatic N) is 1. The van der Waals surface area contributed by atoms with Crippen LogP contribution in [-0.4, -0.2) is 16.9 Å². The molecule has 0 saturated carbocycles. The molecule has 1 aliphatic heterocycles. The van der Waals surface area contributed by atoms with Crippen LogP contribution in [0.2, 0.25) is 0 Å². The quantitative estimate of drug-likeness (QED) is 0.486. The van der Waals surface area contributed by atoms with Gasteiger partial charge in [-0.05, 0) is 45.7 Å². The Morgan fingerprint density at radius 2 is 2.11 bits per heavy atom. The Kier molecular flexibility index (Phi) is 3.98. The number of nitrogens with two attached hydrogens (primary N) is 1. The van der Waals surface area contributed by atoms with Crippen molar-refractivity contribution < 1.29 is 4.74 Å². The fourth-order valence-corrected chi connectivity index (χ4v) is 3.28. The van der Waals surface area contributed by atoms with Crippen molar-refractivity contribution in [3.05, 3.63) is 17.7 Å². The number of ether oxygens (including phenoxy) is 1. The van der Waals surface area contributed by atoms with E-state index in [2.05, 4.69) is 33.9 Å². The Morgan fingerprint density at radius 3 is 2.68 bits per heavy atom. The third-order valence-corrected chi connectivity index (χ3v) is 5.63. The topological polar surface area (TPSA) is 38.5 Å². The van der Waals surface area contributed by atoms with Gasteiger partial charge in [-0.15, -0.1) is 0 Å². The molecule has 19 heavy (non-hydrogen) atoms. The zero-order chi connectivity index (χ0) is 14.4. The van der Waals surface area contributed by atoms with E-state index >= 15 is 0 Å². The van der Waals surface area contributed by atoms with Crippen molar-refractivity contribution in [2.24, 2.45) is 0 Å². The van der Waals surface area contributed by atoms with Gasteiger partial charge in [-0.3, -0.25) is 0 Å². The van der Waals surface area contributed by atoms with Gasteiger partial charge in [-0.25, -0.2) is 0 Å². The number of hydrogen-bond donors (Lipinski definition) is 2. The van der Waals surface area contributed by atoms with Gasteiger partial charge in [0.2, 0.25) is 0 Å². The molecule has 0 aliphatic carbocycles. The summed E-state index contributed by atoms with van der Waals surface area (Å²) in [7, 11) is 0. The minimum atomic E-state index is -0.0681. The Hall–Kier alpha value is -0.550. The molecule has 0 fully saturated rings. The van der Waals surface area contributed by atoms with Crippen LogP contribution in [0.15, 0.2) is 12.1 Å². The number of benzene rings is 1. The van der Waals surface area contributed by atoms with Crippen LogP contribution in [0.5, 0.6) is 5.75 Å².